The molecule has 1 aromatic rings. The second-order valence-corrected chi connectivity index (χ2v) is 6.76. The van der Waals surface area contributed by atoms with Crippen LogP contribution in [0.5, 0.6) is 0 Å². The van der Waals surface area contributed by atoms with Gasteiger partial charge in [0.2, 0.25) is 5.91 Å². The van der Waals surface area contributed by atoms with E-state index in [9.17, 15) is 4.79 Å². The van der Waals surface area contributed by atoms with Crippen LogP contribution in [0.1, 0.15) is 6.92 Å². The summed E-state index contributed by atoms with van der Waals surface area (Å²) < 4.78 is 0. The second-order valence-electron chi connectivity index (χ2n) is 5.24. The lowest BCUT2D eigenvalue weighted by Crippen LogP contribution is -2.41. The maximum absolute atomic E-state index is 11.6. The number of hydrogen-bond donors (Lipinski definition) is 2. The van der Waals surface area contributed by atoms with Crippen molar-refractivity contribution in [2.75, 3.05) is 33.7 Å². The van der Waals surface area contributed by atoms with Crippen molar-refractivity contribution in [1.29, 1.82) is 0 Å². The first-order chi connectivity index (χ1) is 11.0. The molecule has 0 heterocycles. The summed E-state index contributed by atoms with van der Waals surface area (Å²) >= 11 is 1.80. The first kappa shape index (κ1) is 19.1. The fourth-order valence-electron chi connectivity index (χ4n) is 1.64. The average molecular weight is 334 g/mol. The number of carbonyl (C=O) groups is 1. The van der Waals surface area contributed by atoms with E-state index in [1.807, 2.05) is 18.2 Å². The Morgan fingerprint density at radius 1 is 1.35 bits per heavy atom. The van der Waals surface area contributed by atoms with Crippen LogP contribution in [0.2, 0.25) is 0 Å². The van der Waals surface area contributed by atoms with E-state index in [0.717, 1.165) is 6.54 Å². The molecular formula is C17H26N4OS. The summed E-state index contributed by atoms with van der Waals surface area (Å²) in [7, 11) is 3.45. The van der Waals surface area contributed by atoms with Crippen molar-refractivity contribution in [3.8, 4) is 0 Å². The number of rotatable bonds is 8. The fourth-order valence-corrected chi connectivity index (χ4v) is 2.59. The van der Waals surface area contributed by atoms with Gasteiger partial charge in [-0.15, -0.1) is 18.3 Å². The Balaban J connectivity index is 2.50. The summed E-state index contributed by atoms with van der Waals surface area (Å²) in [6.45, 7) is 7.31. The molecule has 0 aliphatic heterocycles. The molecular weight excluding hydrogens is 308 g/mol. The predicted molar refractivity (Wildman–Crippen MR) is 99.0 cm³/mol. The number of aliphatic imine (C=N–C) groups is 1. The smallest absolute Gasteiger partial charge is 0.243 e. The monoisotopic (exact) mass is 334 g/mol. The Morgan fingerprint density at radius 2 is 2.04 bits per heavy atom. The normalized spacial score (nSPS) is 12.4. The van der Waals surface area contributed by atoms with Crippen molar-refractivity contribution in [3.63, 3.8) is 0 Å². The lowest BCUT2D eigenvalue weighted by Gasteiger charge is -2.16. The van der Waals surface area contributed by atoms with Crippen LogP contribution in [0.3, 0.4) is 0 Å². The molecule has 1 rings (SSSR count). The summed E-state index contributed by atoms with van der Waals surface area (Å²) in [4.78, 5) is 18.7. The van der Waals surface area contributed by atoms with Crippen molar-refractivity contribution in [1.82, 2.24) is 15.5 Å². The molecule has 5 nitrogen and oxygen atoms in total. The molecule has 6 heteroatoms. The third-order valence-corrected chi connectivity index (χ3v) is 4.04. The van der Waals surface area contributed by atoms with Crippen molar-refractivity contribution < 1.29 is 4.79 Å². The number of nitrogens with zero attached hydrogens (tertiary/aromatic N) is 2. The Kier molecular flexibility index (Phi) is 8.90. The van der Waals surface area contributed by atoms with E-state index < -0.39 is 0 Å². The molecule has 0 spiro atoms. The number of amides is 1. The maximum Gasteiger partial charge on any atom is 0.243 e. The number of benzene rings is 1. The molecule has 0 radical (unpaired) electrons. The summed E-state index contributed by atoms with van der Waals surface area (Å²) in [5.74, 6) is 0.594. The Labute approximate surface area is 143 Å². The number of guanidine groups is 1. The first-order valence-corrected chi connectivity index (χ1v) is 8.45. The Bertz CT molecular complexity index is 517. The molecule has 0 aromatic heterocycles. The molecule has 0 saturated carbocycles. The highest BCUT2D eigenvalue weighted by Gasteiger charge is 2.07. The van der Waals surface area contributed by atoms with E-state index in [1.54, 1.807) is 31.9 Å². The molecule has 1 aromatic carbocycles. The number of likely N-dealkylation sites (N-methyl/N-ethyl adjacent to an activating group) is 1. The molecule has 1 unspecified atom stereocenters. The van der Waals surface area contributed by atoms with Gasteiger partial charge in [0, 0.05) is 37.3 Å². The zero-order chi connectivity index (χ0) is 17.1. The lowest BCUT2D eigenvalue weighted by atomic mass is 10.4. The van der Waals surface area contributed by atoms with Crippen molar-refractivity contribution in [2.24, 2.45) is 4.99 Å². The maximum atomic E-state index is 11.6. The Hall–Kier alpha value is -1.95. The minimum Gasteiger partial charge on any atom is -0.355 e. The molecule has 0 bridgehead atoms. The lowest BCUT2D eigenvalue weighted by molar-refractivity contribution is -0.127. The van der Waals surface area contributed by atoms with Crippen LogP contribution in [0.15, 0.2) is 52.9 Å². The van der Waals surface area contributed by atoms with Crippen molar-refractivity contribution in [3.05, 3.63) is 43.0 Å². The van der Waals surface area contributed by atoms with E-state index in [4.69, 9.17) is 0 Å². The molecule has 0 fully saturated rings. The Morgan fingerprint density at radius 3 is 2.65 bits per heavy atom. The van der Waals surface area contributed by atoms with Gasteiger partial charge in [-0.1, -0.05) is 31.2 Å². The topological polar surface area (TPSA) is 56.7 Å². The van der Waals surface area contributed by atoms with Gasteiger partial charge in [-0.05, 0) is 12.1 Å². The molecule has 0 aliphatic carbocycles. The van der Waals surface area contributed by atoms with Gasteiger partial charge in [0.25, 0.3) is 0 Å². The molecule has 1 atom stereocenters. The standard InChI is InChI=1S/C17H26N4OS/c1-5-11-18-17(20-13-16(22)21(3)4)19-12-14(2)23-15-9-7-6-8-10-15/h5-10,14H,1,11-13H2,2-4H3,(H2,18,19,20). The van der Waals surface area contributed by atoms with Gasteiger partial charge >= 0.3 is 0 Å². The van der Waals surface area contributed by atoms with Crippen LogP contribution in [-0.2, 0) is 4.79 Å². The summed E-state index contributed by atoms with van der Waals surface area (Å²) in [5, 5.41) is 6.77. The minimum absolute atomic E-state index is 0.0311. The zero-order valence-electron chi connectivity index (χ0n) is 14.1. The van der Waals surface area contributed by atoms with Crippen LogP contribution in [0.25, 0.3) is 0 Å². The summed E-state index contributed by atoms with van der Waals surface area (Å²) in [6, 6.07) is 10.3. The molecule has 23 heavy (non-hydrogen) atoms. The second kappa shape index (κ2) is 10.7. The third-order valence-electron chi connectivity index (χ3n) is 2.92. The van der Waals surface area contributed by atoms with Crippen LogP contribution in [-0.4, -0.2) is 55.7 Å². The number of nitrogens with one attached hydrogen (secondary N) is 2. The zero-order valence-corrected chi connectivity index (χ0v) is 14.9. The highest BCUT2D eigenvalue weighted by molar-refractivity contribution is 8.00. The number of hydrogen-bond acceptors (Lipinski definition) is 3. The third kappa shape index (κ3) is 8.30. The van der Waals surface area contributed by atoms with Gasteiger partial charge in [-0.3, -0.25) is 4.79 Å². The first-order valence-electron chi connectivity index (χ1n) is 7.58. The summed E-state index contributed by atoms with van der Waals surface area (Å²) in [5.41, 5.74) is 0. The van der Waals surface area contributed by atoms with Crippen LogP contribution < -0.4 is 10.6 Å². The van der Waals surface area contributed by atoms with E-state index >= 15 is 0 Å². The molecule has 126 valence electrons. The van der Waals surface area contributed by atoms with Gasteiger partial charge in [0.15, 0.2) is 5.96 Å². The molecule has 1 amide bonds. The van der Waals surface area contributed by atoms with Gasteiger partial charge < -0.3 is 15.5 Å². The molecule has 0 saturated heterocycles. The van der Waals surface area contributed by atoms with Gasteiger partial charge in [-0.2, -0.15) is 0 Å². The summed E-state index contributed by atoms with van der Waals surface area (Å²) in [6.07, 6.45) is 1.76. The highest BCUT2D eigenvalue weighted by Crippen LogP contribution is 2.21. The van der Waals surface area contributed by atoms with Crippen LogP contribution >= 0.6 is 11.8 Å². The van der Waals surface area contributed by atoms with Crippen molar-refractivity contribution >= 4 is 23.6 Å². The average Bonchev–Trinajstić information content (AvgIpc) is 2.54. The SMILES string of the molecule is C=CCNC(=NCC(=O)N(C)C)NCC(C)Sc1ccccc1. The predicted octanol–water partition coefficient (Wildman–Crippen LogP) is 1.98. The van der Waals surface area contributed by atoms with E-state index in [0.29, 0.717) is 17.8 Å². The van der Waals surface area contributed by atoms with Gasteiger partial charge in [0.05, 0.1) is 0 Å². The number of thioether (sulfide) groups is 1. The van der Waals surface area contributed by atoms with Crippen LogP contribution in [0.4, 0.5) is 0 Å². The fraction of sp³-hybridized carbons (Fsp3) is 0.412. The highest BCUT2D eigenvalue weighted by atomic mass is 32.2. The van der Waals surface area contributed by atoms with E-state index in [-0.39, 0.29) is 12.5 Å². The minimum atomic E-state index is -0.0311. The van der Waals surface area contributed by atoms with Crippen molar-refractivity contribution in [2.45, 2.75) is 17.1 Å². The number of carbonyl (C=O) groups excluding carboxylic acids is 1. The molecule has 2 N–H and O–H groups in total. The van der Waals surface area contributed by atoms with Gasteiger partial charge in [0.1, 0.15) is 6.54 Å². The quantitative estimate of drug-likeness (QED) is 0.330. The van der Waals surface area contributed by atoms with Gasteiger partial charge in [-0.25, -0.2) is 4.99 Å². The van der Waals surface area contributed by atoms with E-state index in [1.165, 1.54) is 9.80 Å². The largest absolute Gasteiger partial charge is 0.355 e. The molecule has 0 aliphatic rings. The van der Waals surface area contributed by atoms with Crippen LogP contribution in [0, 0.1) is 0 Å². The van der Waals surface area contributed by atoms with E-state index in [2.05, 4.69) is 41.3 Å².